The molecule has 5 nitrogen and oxygen atoms in total. The van der Waals surface area contributed by atoms with Crippen molar-refractivity contribution in [2.75, 3.05) is 19.6 Å². The van der Waals surface area contributed by atoms with Gasteiger partial charge in [-0.05, 0) is 44.0 Å². The molecule has 1 aromatic heterocycles. The van der Waals surface area contributed by atoms with Gasteiger partial charge in [0.1, 0.15) is 0 Å². The van der Waals surface area contributed by atoms with Crippen LogP contribution in [0.2, 0.25) is 0 Å². The number of sulfonamides is 1. The lowest BCUT2D eigenvalue weighted by atomic mass is 10.0. The molecule has 0 spiro atoms. The van der Waals surface area contributed by atoms with Gasteiger partial charge in [-0.1, -0.05) is 12.1 Å². The van der Waals surface area contributed by atoms with Gasteiger partial charge in [0.25, 0.3) is 10.0 Å². The molecule has 8 heteroatoms. The Hall–Kier alpha value is -0.730. The van der Waals surface area contributed by atoms with E-state index in [0.717, 1.165) is 36.1 Å². The lowest BCUT2D eigenvalue weighted by Crippen LogP contribution is -2.38. The highest BCUT2D eigenvalue weighted by Crippen LogP contribution is 2.25. The van der Waals surface area contributed by atoms with Crippen LogP contribution in [0.3, 0.4) is 0 Å². The number of aromatic nitrogens is 1. The van der Waals surface area contributed by atoms with Crippen molar-refractivity contribution in [3.8, 4) is 0 Å². The van der Waals surface area contributed by atoms with Gasteiger partial charge in [0.05, 0.1) is 10.2 Å². The summed E-state index contributed by atoms with van der Waals surface area (Å²) in [6.45, 7) is 2.38. The number of halogens is 1. The molecule has 1 fully saturated rings. The van der Waals surface area contributed by atoms with E-state index >= 15 is 0 Å². The van der Waals surface area contributed by atoms with Crippen LogP contribution in [0.5, 0.6) is 0 Å². The number of thiazole rings is 1. The van der Waals surface area contributed by atoms with Crippen molar-refractivity contribution in [1.82, 2.24) is 15.0 Å². The number of piperidine rings is 1. The van der Waals surface area contributed by atoms with Gasteiger partial charge >= 0.3 is 0 Å². The molecule has 2 heterocycles. The van der Waals surface area contributed by atoms with Crippen molar-refractivity contribution in [2.45, 2.75) is 17.2 Å². The fourth-order valence-corrected chi connectivity index (χ4v) is 4.73. The van der Waals surface area contributed by atoms with Gasteiger partial charge < -0.3 is 5.32 Å². The number of para-hydroxylation sites is 1. The highest BCUT2D eigenvalue weighted by molar-refractivity contribution is 7.91. The van der Waals surface area contributed by atoms with E-state index in [1.54, 1.807) is 0 Å². The van der Waals surface area contributed by atoms with Gasteiger partial charge in [0.15, 0.2) is 0 Å². The molecule has 0 aliphatic carbocycles. The maximum Gasteiger partial charge on any atom is 0.267 e. The summed E-state index contributed by atoms with van der Waals surface area (Å²) in [5.41, 5.74) is 0.734. The Morgan fingerprint density at radius 2 is 2.19 bits per heavy atom. The van der Waals surface area contributed by atoms with E-state index < -0.39 is 10.0 Å². The monoisotopic (exact) mass is 347 g/mol. The van der Waals surface area contributed by atoms with E-state index in [9.17, 15) is 8.42 Å². The second kappa shape index (κ2) is 7.02. The summed E-state index contributed by atoms with van der Waals surface area (Å²) in [7, 11) is -3.49. The van der Waals surface area contributed by atoms with Crippen LogP contribution >= 0.6 is 23.7 Å². The molecular weight excluding hydrogens is 330 g/mol. The summed E-state index contributed by atoms with van der Waals surface area (Å²) < 4.78 is 28.3. The summed E-state index contributed by atoms with van der Waals surface area (Å²) in [6.07, 6.45) is 2.17. The molecule has 1 saturated heterocycles. The third-order valence-electron chi connectivity index (χ3n) is 3.47. The first-order valence-electron chi connectivity index (χ1n) is 6.71. The number of nitrogens with zero attached hydrogens (tertiary/aromatic N) is 1. The average Bonchev–Trinajstić information content (AvgIpc) is 2.91. The highest BCUT2D eigenvalue weighted by Gasteiger charge is 2.21. The van der Waals surface area contributed by atoms with E-state index in [-0.39, 0.29) is 16.7 Å². The topological polar surface area (TPSA) is 71.1 Å². The van der Waals surface area contributed by atoms with Crippen LogP contribution in [0.1, 0.15) is 12.8 Å². The largest absolute Gasteiger partial charge is 0.316 e. The van der Waals surface area contributed by atoms with Crippen molar-refractivity contribution in [2.24, 2.45) is 5.92 Å². The number of fused-ring (bicyclic) bond motifs is 1. The summed E-state index contributed by atoms with van der Waals surface area (Å²) in [5, 5.41) is 3.28. The summed E-state index contributed by atoms with van der Waals surface area (Å²) in [6, 6.07) is 7.46. The number of rotatable bonds is 4. The summed E-state index contributed by atoms with van der Waals surface area (Å²) in [4.78, 5) is 4.20. The molecule has 1 unspecified atom stereocenters. The number of nitrogens with one attached hydrogen (secondary N) is 2. The fraction of sp³-hybridized carbons (Fsp3) is 0.462. The maximum absolute atomic E-state index is 12.3. The molecule has 1 aliphatic heterocycles. The number of benzene rings is 1. The van der Waals surface area contributed by atoms with Gasteiger partial charge in [-0.3, -0.25) is 0 Å². The van der Waals surface area contributed by atoms with Crippen molar-refractivity contribution in [3.63, 3.8) is 0 Å². The zero-order valence-corrected chi connectivity index (χ0v) is 13.9. The minimum Gasteiger partial charge on any atom is -0.316 e. The van der Waals surface area contributed by atoms with E-state index in [1.165, 1.54) is 11.3 Å². The van der Waals surface area contributed by atoms with E-state index in [0.29, 0.717) is 12.5 Å². The van der Waals surface area contributed by atoms with Crippen LogP contribution in [-0.4, -0.2) is 33.0 Å². The predicted octanol–water partition coefficient (Wildman–Crippen LogP) is 2.00. The van der Waals surface area contributed by atoms with Crippen LogP contribution in [0.25, 0.3) is 10.2 Å². The molecule has 21 heavy (non-hydrogen) atoms. The molecule has 1 aromatic carbocycles. The predicted molar refractivity (Wildman–Crippen MR) is 87.7 cm³/mol. The zero-order valence-electron chi connectivity index (χ0n) is 11.4. The Balaban J connectivity index is 0.00000161. The Morgan fingerprint density at radius 1 is 1.38 bits per heavy atom. The van der Waals surface area contributed by atoms with Crippen LogP contribution < -0.4 is 10.0 Å². The zero-order chi connectivity index (χ0) is 14.0. The maximum atomic E-state index is 12.3. The van der Waals surface area contributed by atoms with Gasteiger partial charge in [0, 0.05) is 6.54 Å². The lowest BCUT2D eigenvalue weighted by Gasteiger charge is -2.22. The van der Waals surface area contributed by atoms with Crippen LogP contribution in [0.4, 0.5) is 0 Å². The van der Waals surface area contributed by atoms with Crippen LogP contribution in [0, 0.1) is 5.92 Å². The molecule has 1 atom stereocenters. The van der Waals surface area contributed by atoms with Gasteiger partial charge in [-0.15, -0.1) is 23.7 Å². The minimum absolute atomic E-state index is 0. The third kappa shape index (κ3) is 3.92. The highest BCUT2D eigenvalue weighted by atomic mass is 35.5. The molecule has 2 aromatic rings. The van der Waals surface area contributed by atoms with Gasteiger partial charge in [-0.2, -0.15) is 0 Å². The molecular formula is C13H18ClN3O2S2. The fourth-order valence-electron chi connectivity index (χ4n) is 2.35. The molecule has 0 bridgehead atoms. The van der Waals surface area contributed by atoms with Gasteiger partial charge in [-0.25, -0.2) is 18.1 Å². The number of hydrogen-bond donors (Lipinski definition) is 2. The summed E-state index contributed by atoms with van der Waals surface area (Å²) in [5.74, 6) is 0.368. The first-order chi connectivity index (χ1) is 9.65. The second-order valence-corrected chi connectivity index (χ2v) is 7.98. The normalized spacial score (nSPS) is 19.3. The quantitative estimate of drug-likeness (QED) is 0.887. The first-order valence-corrected chi connectivity index (χ1v) is 9.01. The Morgan fingerprint density at radius 3 is 2.90 bits per heavy atom. The van der Waals surface area contributed by atoms with Crippen molar-refractivity contribution in [1.29, 1.82) is 0 Å². The lowest BCUT2D eigenvalue weighted by molar-refractivity contribution is 0.376. The smallest absolute Gasteiger partial charge is 0.267 e. The SMILES string of the molecule is Cl.O=S(=O)(NCC1CCCNC1)c1nc2ccccc2s1. The van der Waals surface area contributed by atoms with E-state index in [2.05, 4.69) is 15.0 Å². The van der Waals surface area contributed by atoms with Crippen molar-refractivity contribution < 1.29 is 8.42 Å². The molecule has 2 N–H and O–H groups in total. The molecule has 0 radical (unpaired) electrons. The van der Waals surface area contributed by atoms with Crippen molar-refractivity contribution in [3.05, 3.63) is 24.3 Å². The molecule has 116 valence electrons. The molecule has 0 saturated carbocycles. The molecule has 0 amide bonds. The Labute approximate surface area is 134 Å². The van der Waals surface area contributed by atoms with Crippen molar-refractivity contribution >= 4 is 44.0 Å². The first kappa shape index (κ1) is 16.6. The van der Waals surface area contributed by atoms with E-state index in [1.807, 2.05) is 24.3 Å². The number of hydrogen-bond acceptors (Lipinski definition) is 5. The summed E-state index contributed by atoms with van der Waals surface area (Å²) >= 11 is 1.21. The third-order valence-corrected chi connectivity index (χ3v) is 6.30. The van der Waals surface area contributed by atoms with Gasteiger partial charge in [0.2, 0.25) is 4.34 Å². The van der Waals surface area contributed by atoms with Crippen LogP contribution in [-0.2, 0) is 10.0 Å². The minimum atomic E-state index is -3.49. The standard InChI is InChI=1S/C13H17N3O2S2.ClH/c17-20(18,15-9-10-4-3-7-14-8-10)13-16-11-5-1-2-6-12(11)19-13;/h1-2,5-6,10,14-15H,3-4,7-9H2;1H. The van der Waals surface area contributed by atoms with E-state index in [4.69, 9.17) is 0 Å². The molecule has 1 aliphatic rings. The van der Waals surface area contributed by atoms with Crippen LogP contribution in [0.15, 0.2) is 28.6 Å². The molecule has 3 rings (SSSR count). The second-order valence-electron chi connectivity index (χ2n) is 5.01. The average molecular weight is 348 g/mol. The Bertz CT molecular complexity index is 663. The Kier molecular flexibility index (Phi) is 5.56.